The second-order valence-electron chi connectivity index (χ2n) is 2.12. The molecule has 52 valence electrons. The Morgan fingerprint density at radius 1 is 1.67 bits per heavy atom. The molecule has 0 N–H and O–H groups in total. The summed E-state index contributed by atoms with van der Waals surface area (Å²) < 4.78 is -0.800. The third-order valence-electron chi connectivity index (χ3n) is 1.35. The molecular formula is C5H5Cl3O. The lowest BCUT2D eigenvalue weighted by Gasteiger charge is -1.92. The highest BCUT2D eigenvalue weighted by atomic mass is 35.5. The van der Waals surface area contributed by atoms with Crippen molar-refractivity contribution in [2.24, 2.45) is 5.92 Å². The second kappa shape index (κ2) is 2.30. The summed E-state index contributed by atoms with van der Waals surface area (Å²) in [5.74, 6) is -0.244. The number of hydrogen-bond acceptors (Lipinski definition) is 1. The van der Waals surface area contributed by atoms with E-state index in [0.29, 0.717) is 6.42 Å². The Hall–Kier alpha value is 0.540. The van der Waals surface area contributed by atoms with Crippen LogP contribution in [0.3, 0.4) is 0 Å². The Morgan fingerprint density at radius 2 is 2.11 bits per heavy atom. The zero-order valence-electron chi connectivity index (χ0n) is 4.53. The number of alkyl halides is 3. The molecule has 0 heterocycles. The average molecular weight is 187 g/mol. The van der Waals surface area contributed by atoms with Crippen molar-refractivity contribution in [3.05, 3.63) is 0 Å². The van der Waals surface area contributed by atoms with E-state index in [9.17, 15) is 4.79 Å². The molecule has 0 bridgehead atoms. The molecule has 0 aliphatic heterocycles. The van der Waals surface area contributed by atoms with Crippen molar-refractivity contribution in [2.75, 3.05) is 5.88 Å². The van der Waals surface area contributed by atoms with Gasteiger partial charge in [0.1, 0.15) is 4.33 Å². The van der Waals surface area contributed by atoms with Gasteiger partial charge in [-0.15, -0.1) is 34.8 Å². The Balaban J connectivity index is 2.42. The minimum atomic E-state index is -0.800. The van der Waals surface area contributed by atoms with Gasteiger partial charge in [0.2, 0.25) is 0 Å². The standard InChI is InChI=1S/C5H5Cl3O/c6-2-4(9)3-1-5(3,7)8/h3H,1-2H2. The van der Waals surface area contributed by atoms with Crippen molar-refractivity contribution in [3.8, 4) is 0 Å². The van der Waals surface area contributed by atoms with E-state index in [0.717, 1.165) is 0 Å². The van der Waals surface area contributed by atoms with E-state index in [2.05, 4.69) is 0 Å². The first-order valence-electron chi connectivity index (χ1n) is 2.54. The lowest BCUT2D eigenvalue weighted by molar-refractivity contribution is -0.117. The molecule has 1 aliphatic carbocycles. The molecule has 0 aromatic heterocycles. The molecule has 1 rings (SSSR count). The Morgan fingerprint density at radius 3 is 2.22 bits per heavy atom. The average Bonchev–Trinajstić information content (AvgIpc) is 2.38. The zero-order valence-corrected chi connectivity index (χ0v) is 6.80. The number of carbonyl (C=O) groups is 1. The van der Waals surface area contributed by atoms with E-state index >= 15 is 0 Å². The van der Waals surface area contributed by atoms with Crippen LogP contribution in [0.15, 0.2) is 0 Å². The molecule has 0 spiro atoms. The van der Waals surface area contributed by atoms with Gasteiger partial charge in [-0.25, -0.2) is 0 Å². The molecule has 0 saturated heterocycles. The topological polar surface area (TPSA) is 17.1 Å². The Kier molecular flexibility index (Phi) is 1.95. The van der Waals surface area contributed by atoms with Gasteiger partial charge < -0.3 is 0 Å². The van der Waals surface area contributed by atoms with Gasteiger partial charge in [0.05, 0.1) is 11.8 Å². The Bertz CT molecular complexity index is 143. The lowest BCUT2D eigenvalue weighted by Crippen LogP contribution is -2.06. The maximum absolute atomic E-state index is 10.7. The van der Waals surface area contributed by atoms with Crippen molar-refractivity contribution in [1.29, 1.82) is 0 Å². The number of Topliss-reactive ketones (excluding diaryl/α,β-unsaturated/α-hetero) is 1. The van der Waals surface area contributed by atoms with E-state index in [1.54, 1.807) is 0 Å². The smallest absolute Gasteiger partial charge is 0.153 e. The summed E-state index contributed by atoms with van der Waals surface area (Å²) in [7, 11) is 0. The van der Waals surface area contributed by atoms with Gasteiger partial charge in [0, 0.05) is 0 Å². The first-order chi connectivity index (χ1) is 4.08. The first kappa shape index (κ1) is 7.64. The van der Waals surface area contributed by atoms with E-state index in [4.69, 9.17) is 34.8 Å². The molecule has 0 amide bonds. The molecule has 0 aromatic rings. The van der Waals surface area contributed by atoms with Gasteiger partial charge >= 0.3 is 0 Å². The number of hydrogen-bond donors (Lipinski definition) is 0. The second-order valence-corrected chi connectivity index (χ2v) is 3.93. The van der Waals surface area contributed by atoms with E-state index in [1.807, 2.05) is 0 Å². The summed E-state index contributed by atoms with van der Waals surface area (Å²) in [5, 5.41) is 0. The minimum Gasteiger partial charge on any atom is -0.298 e. The van der Waals surface area contributed by atoms with Gasteiger partial charge in [0.25, 0.3) is 0 Å². The van der Waals surface area contributed by atoms with Crippen LogP contribution < -0.4 is 0 Å². The van der Waals surface area contributed by atoms with Crippen LogP contribution in [-0.4, -0.2) is 16.0 Å². The number of rotatable bonds is 2. The molecule has 1 fully saturated rings. The van der Waals surface area contributed by atoms with Crippen LogP contribution in [0.1, 0.15) is 6.42 Å². The lowest BCUT2D eigenvalue weighted by atomic mass is 10.3. The van der Waals surface area contributed by atoms with Crippen molar-refractivity contribution < 1.29 is 4.79 Å². The molecule has 4 heteroatoms. The van der Waals surface area contributed by atoms with Gasteiger partial charge in [0.15, 0.2) is 5.78 Å². The Labute approximate surface area is 68.3 Å². The van der Waals surface area contributed by atoms with Crippen LogP contribution in [-0.2, 0) is 4.79 Å². The van der Waals surface area contributed by atoms with Crippen LogP contribution in [0, 0.1) is 5.92 Å². The predicted molar refractivity (Wildman–Crippen MR) is 38.3 cm³/mol. The number of carbonyl (C=O) groups excluding carboxylic acids is 1. The maximum Gasteiger partial charge on any atom is 0.153 e. The van der Waals surface area contributed by atoms with E-state index in [1.165, 1.54) is 0 Å². The summed E-state index contributed by atoms with van der Waals surface area (Å²) in [6.07, 6.45) is 0.557. The molecule has 9 heavy (non-hydrogen) atoms. The molecule has 1 atom stereocenters. The third kappa shape index (κ3) is 1.51. The largest absolute Gasteiger partial charge is 0.298 e. The molecule has 0 radical (unpaired) electrons. The molecule has 0 aromatic carbocycles. The van der Waals surface area contributed by atoms with Crippen molar-refractivity contribution in [1.82, 2.24) is 0 Å². The predicted octanol–water partition coefficient (Wildman–Crippen LogP) is 1.99. The van der Waals surface area contributed by atoms with Crippen molar-refractivity contribution >= 4 is 40.6 Å². The van der Waals surface area contributed by atoms with Crippen LogP contribution in [0.5, 0.6) is 0 Å². The molecule has 1 nitrogen and oxygen atoms in total. The normalized spacial score (nSPS) is 29.9. The fraction of sp³-hybridized carbons (Fsp3) is 0.800. The maximum atomic E-state index is 10.7. The summed E-state index contributed by atoms with van der Waals surface area (Å²) in [5.41, 5.74) is 0. The molecule has 1 aliphatic rings. The highest BCUT2D eigenvalue weighted by Crippen LogP contribution is 2.53. The van der Waals surface area contributed by atoms with Crippen LogP contribution in [0.25, 0.3) is 0 Å². The van der Waals surface area contributed by atoms with Crippen molar-refractivity contribution in [3.63, 3.8) is 0 Å². The van der Waals surface area contributed by atoms with E-state index in [-0.39, 0.29) is 17.6 Å². The van der Waals surface area contributed by atoms with Crippen molar-refractivity contribution in [2.45, 2.75) is 10.8 Å². The summed E-state index contributed by atoms with van der Waals surface area (Å²) >= 11 is 16.4. The highest BCUT2D eigenvalue weighted by Gasteiger charge is 2.55. The molecule has 1 unspecified atom stereocenters. The third-order valence-corrected chi connectivity index (χ3v) is 2.45. The zero-order chi connectivity index (χ0) is 7.07. The van der Waals surface area contributed by atoms with Crippen LogP contribution in [0.2, 0.25) is 0 Å². The highest BCUT2D eigenvalue weighted by molar-refractivity contribution is 6.52. The van der Waals surface area contributed by atoms with Gasteiger partial charge in [-0.05, 0) is 6.42 Å². The van der Waals surface area contributed by atoms with Gasteiger partial charge in [-0.1, -0.05) is 0 Å². The van der Waals surface area contributed by atoms with Crippen LogP contribution in [0.4, 0.5) is 0 Å². The first-order valence-corrected chi connectivity index (χ1v) is 3.83. The number of halogens is 3. The summed E-state index contributed by atoms with van der Waals surface area (Å²) in [4.78, 5) is 10.7. The number of ketones is 1. The monoisotopic (exact) mass is 186 g/mol. The molecular weight excluding hydrogens is 182 g/mol. The fourth-order valence-electron chi connectivity index (χ4n) is 0.656. The fourth-order valence-corrected chi connectivity index (χ4v) is 1.39. The van der Waals surface area contributed by atoms with Crippen LogP contribution >= 0.6 is 34.8 Å². The quantitative estimate of drug-likeness (QED) is 0.604. The minimum absolute atomic E-state index is 0.0197. The summed E-state index contributed by atoms with van der Waals surface area (Å²) in [6.45, 7) is 0. The SMILES string of the molecule is O=C(CCl)C1CC1(Cl)Cl. The van der Waals surface area contributed by atoms with Gasteiger partial charge in [-0.3, -0.25) is 4.79 Å². The van der Waals surface area contributed by atoms with E-state index < -0.39 is 4.33 Å². The molecule has 1 saturated carbocycles. The summed E-state index contributed by atoms with van der Waals surface area (Å²) in [6, 6.07) is 0. The van der Waals surface area contributed by atoms with Gasteiger partial charge in [-0.2, -0.15) is 0 Å².